The molecule has 8 nitrogen and oxygen atoms in total. The van der Waals surface area contributed by atoms with Crippen molar-refractivity contribution in [3.63, 3.8) is 0 Å². The predicted molar refractivity (Wildman–Crippen MR) is 193 cm³/mol. The van der Waals surface area contributed by atoms with Crippen molar-refractivity contribution in [1.29, 1.82) is 0 Å². The van der Waals surface area contributed by atoms with Crippen LogP contribution >= 0.6 is 0 Å². The lowest BCUT2D eigenvalue weighted by molar-refractivity contribution is 0.168. The van der Waals surface area contributed by atoms with Crippen molar-refractivity contribution in [2.45, 2.75) is 44.1 Å². The van der Waals surface area contributed by atoms with Gasteiger partial charge in [0, 0.05) is 36.0 Å². The number of hydrogen-bond acceptors (Lipinski definition) is 7. The molecule has 49 heavy (non-hydrogen) atoms. The SMILES string of the molecule is Oc1ccc(C=Cc2c(CCc3ccc(CNCC4(c5cnc[nH]5)CCCC5C=CC=CC54)cc3)c(O)c(O)c3c(O)cccc23)cc1O. The Morgan fingerprint density at radius 2 is 1.65 bits per heavy atom. The summed E-state index contributed by atoms with van der Waals surface area (Å²) in [5, 5.41) is 56.9. The maximum absolute atomic E-state index is 11.2. The molecule has 2 aliphatic rings. The molecule has 0 bridgehead atoms. The van der Waals surface area contributed by atoms with Crippen molar-refractivity contribution in [2.24, 2.45) is 11.8 Å². The van der Waals surface area contributed by atoms with Gasteiger partial charge in [-0.2, -0.15) is 0 Å². The van der Waals surface area contributed by atoms with Crippen LogP contribution in [-0.4, -0.2) is 42.0 Å². The molecule has 0 spiro atoms. The van der Waals surface area contributed by atoms with Crippen molar-refractivity contribution < 1.29 is 25.5 Å². The fourth-order valence-electron chi connectivity index (χ4n) is 7.84. The fraction of sp³-hybridized carbons (Fsp3) is 0.244. The largest absolute Gasteiger partial charge is 0.507 e. The van der Waals surface area contributed by atoms with Crippen LogP contribution in [0, 0.1) is 11.8 Å². The van der Waals surface area contributed by atoms with Gasteiger partial charge in [0.15, 0.2) is 23.0 Å². The summed E-state index contributed by atoms with van der Waals surface area (Å²) in [6, 6.07) is 17.9. The predicted octanol–water partition coefficient (Wildman–Crippen LogP) is 7.62. The van der Waals surface area contributed by atoms with Gasteiger partial charge in [0.25, 0.3) is 0 Å². The summed E-state index contributed by atoms with van der Waals surface area (Å²) >= 11 is 0. The van der Waals surface area contributed by atoms with Crippen molar-refractivity contribution in [3.8, 4) is 28.7 Å². The molecule has 0 aliphatic heterocycles. The van der Waals surface area contributed by atoms with E-state index in [0.29, 0.717) is 46.8 Å². The van der Waals surface area contributed by atoms with Gasteiger partial charge in [-0.25, -0.2) is 4.98 Å². The van der Waals surface area contributed by atoms with Crippen molar-refractivity contribution in [1.82, 2.24) is 15.3 Å². The number of phenols is 5. The van der Waals surface area contributed by atoms with Crippen molar-refractivity contribution in [2.75, 3.05) is 6.54 Å². The molecule has 1 fully saturated rings. The number of aromatic hydroxyl groups is 5. The molecule has 250 valence electrons. The van der Waals surface area contributed by atoms with Crippen LogP contribution in [0.15, 0.2) is 97.5 Å². The van der Waals surface area contributed by atoms with E-state index in [2.05, 4.69) is 63.9 Å². The van der Waals surface area contributed by atoms with Gasteiger partial charge in [-0.1, -0.05) is 85.3 Å². The Kier molecular flexibility index (Phi) is 8.89. The second kappa shape index (κ2) is 13.6. The molecular formula is C41H41N3O5. The van der Waals surface area contributed by atoms with Crippen LogP contribution in [0.3, 0.4) is 0 Å². The summed E-state index contributed by atoms with van der Waals surface area (Å²) < 4.78 is 0. The maximum Gasteiger partial charge on any atom is 0.169 e. The number of phenolic OH excluding ortho intramolecular Hbond substituents is 5. The topological polar surface area (TPSA) is 142 Å². The second-order valence-corrected chi connectivity index (χ2v) is 13.3. The minimum atomic E-state index is -0.360. The van der Waals surface area contributed by atoms with Crippen molar-refractivity contribution >= 4 is 22.9 Å². The van der Waals surface area contributed by atoms with E-state index in [4.69, 9.17) is 0 Å². The molecule has 1 heterocycles. The van der Waals surface area contributed by atoms with Gasteiger partial charge in [-0.05, 0) is 83.4 Å². The minimum Gasteiger partial charge on any atom is -0.507 e. The quantitative estimate of drug-likeness (QED) is 0.0606. The summed E-state index contributed by atoms with van der Waals surface area (Å²) in [5.41, 5.74) is 5.24. The molecule has 3 atom stereocenters. The Morgan fingerprint density at radius 3 is 2.45 bits per heavy atom. The molecular weight excluding hydrogens is 614 g/mol. The molecule has 0 amide bonds. The van der Waals surface area contributed by atoms with Gasteiger partial charge in [-0.15, -0.1) is 0 Å². The average Bonchev–Trinajstić information content (AvgIpc) is 3.67. The zero-order valence-electron chi connectivity index (χ0n) is 27.2. The van der Waals surface area contributed by atoms with E-state index in [1.54, 1.807) is 36.7 Å². The highest BCUT2D eigenvalue weighted by Gasteiger charge is 2.46. The maximum atomic E-state index is 11.2. The van der Waals surface area contributed by atoms with Crippen LogP contribution < -0.4 is 5.32 Å². The van der Waals surface area contributed by atoms with Crippen LogP contribution in [0.25, 0.3) is 22.9 Å². The van der Waals surface area contributed by atoms with Crippen LogP contribution in [0.5, 0.6) is 28.7 Å². The number of benzene rings is 4. The van der Waals surface area contributed by atoms with E-state index in [0.717, 1.165) is 25.1 Å². The zero-order chi connectivity index (χ0) is 34.0. The molecule has 8 heteroatoms. The highest BCUT2D eigenvalue weighted by atomic mass is 16.3. The van der Waals surface area contributed by atoms with Crippen LogP contribution in [0.2, 0.25) is 0 Å². The number of imidazole rings is 1. The Morgan fingerprint density at radius 1 is 0.837 bits per heavy atom. The lowest BCUT2D eigenvalue weighted by Gasteiger charge is -2.47. The number of aromatic amines is 1. The normalized spacial score (nSPS) is 20.2. The number of nitrogens with zero attached hydrogens (tertiary/aromatic N) is 1. The highest BCUT2D eigenvalue weighted by molar-refractivity contribution is 6.03. The number of aromatic nitrogens is 2. The lowest BCUT2D eigenvalue weighted by Crippen LogP contribution is -2.49. The Bertz CT molecular complexity index is 2050. The van der Waals surface area contributed by atoms with Gasteiger partial charge in [0.05, 0.1) is 11.7 Å². The standard InChI is InChI=1S/C41H41N3O5/c45-34-19-16-27(21-36(34)47)15-17-30-31-7-3-9-35(46)38(31)40(49)39(48)32(30)18-14-26-10-12-28(13-11-26)22-42-24-41(37-23-43-25-44-37)20-4-6-29-5-1-2-8-33(29)41/h1-3,5,7-13,15-17,19,21,23,25,29,33,42,45-49H,4,6,14,18,20,22,24H2,(H,43,44). The number of allylic oxidation sites excluding steroid dienone is 4. The van der Waals surface area contributed by atoms with E-state index in [1.807, 2.05) is 6.20 Å². The van der Waals surface area contributed by atoms with Gasteiger partial charge in [-0.3, -0.25) is 0 Å². The summed E-state index contributed by atoms with van der Waals surface area (Å²) in [7, 11) is 0. The smallest absolute Gasteiger partial charge is 0.169 e. The Labute approximate surface area is 285 Å². The molecule has 7 N–H and O–H groups in total. The molecule has 3 unspecified atom stereocenters. The second-order valence-electron chi connectivity index (χ2n) is 13.3. The van der Waals surface area contributed by atoms with Crippen LogP contribution in [0.1, 0.15) is 52.8 Å². The summed E-state index contributed by atoms with van der Waals surface area (Å²) in [4.78, 5) is 7.80. The van der Waals surface area contributed by atoms with Crippen LogP contribution in [-0.2, 0) is 24.8 Å². The minimum absolute atomic E-state index is 0.0420. The van der Waals surface area contributed by atoms with Crippen molar-refractivity contribution in [3.05, 3.63) is 131 Å². The number of fused-ring (bicyclic) bond motifs is 2. The van der Waals surface area contributed by atoms with E-state index in [9.17, 15) is 25.5 Å². The summed E-state index contributed by atoms with van der Waals surface area (Å²) in [5.74, 6) is -0.269. The number of H-pyrrole nitrogens is 1. The molecule has 1 aromatic heterocycles. The van der Waals surface area contributed by atoms with E-state index >= 15 is 0 Å². The molecule has 2 aliphatic carbocycles. The number of hydrogen-bond donors (Lipinski definition) is 7. The molecule has 0 radical (unpaired) electrons. The molecule has 1 saturated carbocycles. The Hall–Kier alpha value is -5.47. The number of nitrogens with one attached hydrogen (secondary N) is 2. The third-order valence-electron chi connectivity index (χ3n) is 10.4. The third-order valence-corrected chi connectivity index (χ3v) is 10.4. The lowest BCUT2D eigenvalue weighted by atomic mass is 9.59. The van der Waals surface area contributed by atoms with E-state index in [-0.39, 0.29) is 39.5 Å². The highest BCUT2D eigenvalue weighted by Crippen LogP contribution is 2.48. The van der Waals surface area contributed by atoms with Gasteiger partial charge in [0.2, 0.25) is 0 Å². The van der Waals surface area contributed by atoms with E-state index < -0.39 is 0 Å². The first-order valence-electron chi connectivity index (χ1n) is 16.8. The van der Waals surface area contributed by atoms with Gasteiger partial charge < -0.3 is 35.8 Å². The molecule has 4 aromatic carbocycles. The van der Waals surface area contributed by atoms with Gasteiger partial charge in [0.1, 0.15) is 5.75 Å². The summed E-state index contributed by atoms with van der Waals surface area (Å²) in [6.45, 7) is 1.58. The first-order chi connectivity index (χ1) is 23.8. The van der Waals surface area contributed by atoms with Crippen LogP contribution in [0.4, 0.5) is 0 Å². The number of rotatable bonds is 10. The average molecular weight is 656 g/mol. The molecule has 7 rings (SSSR count). The zero-order valence-corrected chi connectivity index (χ0v) is 27.2. The fourth-order valence-corrected chi connectivity index (χ4v) is 7.84. The Balaban J connectivity index is 1.08. The molecule has 5 aromatic rings. The first kappa shape index (κ1) is 32.1. The van der Waals surface area contributed by atoms with E-state index in [1.165, 1.54) is 42.3 Å². The number of aryl methyl sites for hydroxylation is 1. The first-order valence-corrected chi connectivity index (χ1v) is 16.8. The monoisotopic (exact) mass is 655 g/mol. The summed E-state index contributed by atoms with van der Waals surface area (Å²) in [6.07, 6.45) is 20.9. The molecule has 0 saturated heterocycles. The van der Waals surface area contributed by atoms with Gasteiger partial charge >= 0.3 is 0 Å². The third kappa shape index (κ3) is 6.27.